The molecular formula is C26H19BI-. The topological polar surface area (TPSA) is 0 Å². The summed E-state index contributed by atoms with van der Waals surface area (Å²) in [7, 11) is 0. The van der Waals surface area contributed by atoms with E-state index in [2.05, 4.69) is 150 Å². The van der Waals surface area contributed by atoms with Gasteiger partial charge in [0.1, 0.15) is 6.15 Å². The van der Waals surface area contributed by atoms with E-state index < -0.39 is 6.15 Å². The molecule has 0 bridgehead atoms. The SMILES string of the molecule is Ic1ccc(C#C[B-](c2ccccc2)(c2ccccc2)c2ccccc2)cc1. The molecule has 0 unspecified atom stereocenters. The summed E-state index contributed by atoms with van der Waals surface area (Å²) in [6.45, 7) is 0. The second-order valence-corrected chi connectivity index (χ2v) is 8.12. The molecule has 0 radical (unpaired) electrons. The summed E-state index contributed by atoms with van der Waals surface area (Å²) in [5, 5.41) is 0. The van der Waals surface area contributed by atoms with E-state index in [4.69, 9.17) is 0 Å². The molecule has 0 saturated carbocycles. The lowest BCUT2D eigenvalue weighted by Crippen LogP contribution is -2.66. The van der Waals surface area contributed by atoms with Gasteiger partial charge in [0.15, 0.2) is 0 Å². The number of rotatable bonds is 3. The molecule has 0 amide bonds. The maximum atomic E-state index is 3.73. The monoisotopic (exact) mass is 469 g/mol. The first-order valence-electron chi connectivity index (χ1n) is 9.40. The Bertz CT molecular complexity index is 997. The first kappa shape index (κ1) is 18.6. The van der Waals surface area contributed by atoms with Crippen LogP contribution in [0.15, 0.2) is 115 Å². The largest absolute Gasteiger partial charge is 0.292 e. The van der Waals surface area contributed by atoms with Gasteiger partial charge in [-0.25, -0.2) is 0 Å². The molecule has 0 aliphatic heterocycles. The normalized spacial score (nSPS) is 10.8. The maximum absolute atomic E-state index is 3.73. The Kier molecular flexibility index (Phi) is 5.64. The Balaban J connectivity index is 2.00. The molecule has 0 aromatic heterocycles. The molecule has 4 rings (SSSR count). The second-order valence-electron chi connectivity index (χ2n) is 6.87. The minimum absolute atomic E-state index is 1.04. The average Bonchev–Trinajstić information content (AvgIpc) is 2.78. The van der Waals surface area contributed by atoms with Gasteiger partial charge < -0.3 is 0 Å². The van der Waals surface area contributed by atoms with Gasteiger partial charge in [-0.3, -0.25) is 5.82 Å². The summed E-state index contributed by atoms with van der Waals surface area (Å²) >= 11 is 2.32. The Morgan fingerprint density at radius 3 is 1.29 bits per heavy atom. The van der Waals surface area contributed by atoms with Crippen molar-refractivity contribution in [3.63, 3.8) is 0 Å². The van der Waals surface area contributed by atoms with E-state index in [0.717, 1.165) is 5.56 Å². The number of halogens is 1. The van der Waals surface area contributed by atoms with E-state index >= 15 is 0 Å². The molecule has 0 atom stereocenters. The molecule has 4 aromatic rings. The minimum Gasteiger partial charge on any atom is -0.292 e. The van der Waals surface area contributed by atoms with Crippen molar-refractivity contribution in [3.05, 3.63) is 124 Å². The fourth-order valence-electron chi connectivity index (χ4n) is 3.78. The summed E-state index contributed by atoms with van der Waals surface area (Å²) in [4.78, 5) is 0. The van der Waals surface area contributed by atoms with Gasteiger partial charge in [-0.1, -0.05) is 91.0 Å². The van der Waals surface area contributed by atoms with Crippen molar-refractivity contribution in [3.8, 4) is 11.7 Å². The molecule has 134 valence electrons. The van der Waals surface area contributed by atoms with Crippen LogP contribution in [0, 0.1) is 15.3 Å². The van der Waals surface area contributed by atoms with Crippen LogP contribution in [0.5, 0.6) is 0 Å². The third-order valence-corrected chi connectivity index (χ3v) is 5.90. The molecule has 0 aliphatic rings. The molecule has 0 heterocycles. The van der Waals surface area contributed by atoms with Crippen LogP contribution in [0.2, 0.25) is 0 Å². The van der Waals surface area contributed by atoms with Crippen molar-refractivity contribution < 1.29 is 0 Å². The van der Waals surface area contributed by atoms with E-state index in [-0.39, 0.29) is 0 Å². The van der Waals surface area contributed by atoms with Crippen molar-refractivity contribution in [2.24, 2.45) is 0 Å². The Hall–Kier alpha value is -2.77. The van der Waals surface area contributed by atoms with Crippen LogP contribution in [0.3, 0.4) is 0 Å². The second kappa shape index (κ2) is 8.50. The van der Waals surface area contributed by atoms with E-state index in [1.165, 1.54) is 20.0 Å². The van der Waals surface area contributed by atoms with Crippen LogP contribution >= 0.6 is 22.6 Å². The molecule has 0 nitrogen and oxygen atoms in total. The zero-order valence-corrected chi connectivity index (χ0v) is 17.6. The summed E-state index contributed by atoms with van der Waals surface area (Å²) in [5.41, 5.74) is 4.74. The van der Waals surface area contributed by atoms with E-state index in [1.54, 1.807) is 0 Å². The first-order chi connectivity index (χ1) is 13.8. The lowest BCUT2D eigenvalue weighted by Gasteiger charge is -2.38. The molecule has 0 saturated heterocycles. The van der Waals surface area contributed by atoms with Crippen molar-refractivity contribution in [1.29, 1.82) is 0 Å². The van der Waals surface area contributed by atoms with Crippen molar-refractivity contribution in [2.75, 3.05) is 0 Å². The highest BCUT2D eigenvalue weighted by Crippen LogP contribution is 2.09. The van der Waals surface area contributed by atoms with Gasteiger partial charge in [0.25, 0.3) is 0 Å². The Morgan fingerprint density at radius 2 is 0.893 bits per heavy atom. The lowest BCUT2D eigenvalue weighted by molar-refractivity contribution is 1.60. The molecule has 28 heavy (non-hydrogen) atoms. The predicted octanol–water partition coefficient (Wildman–Crippen LogP) is 4.35. The standard InChI is InChI=1S/C26H19BI/c28-26-18-16-22(17-19-26)20-21-27(23-10-4-1-5-11-23,24-12-6-2-7-13-24)25-14-8-3-9-15-25/h1-19H/q-1. The van der Waals surface area contributed by atoms with E-state index in [0.29, 0.717) is 0 Å². The smallest absolute Gasteiger partial charge is 0.149 e. The van der Waals surface area contributed by atoms with Gasteiger partial charge in [-0.05, 0) is 46.9 Å². The highest BCUT2D eigenvalue weighted by molar-refractivity contribution is 14.1. The predicted molar refractivity (Wildman–Crippen MR) is 130 cm³/mol. The number of hydrogen-bond acceptors (Lipinski definition) is 0. The summed E-state index contributed by atoms with van der Waals surface area (Å²) in [6.07, 6.45) is -1.41. The Morgan fingerprint density at radius 1 is 0.500 bits per heavy atom. The summed E-state index contributed by atoms with van der Waals surface area (Å²) < 4.78 is 1.22. The molecule has 2 heteroatoms. The van der Waals surface area contributed by atoms with Crippen LogP contribution in [0.25, 0.3) is 0 Å². The number of hydrogen-bond donors (Lipinski definition) is 0. The molecule has 0 N–H and O–H groups in total. The maximum Gasteiger partial charge on any atom is 0.149 e. The quantitative estimate of drug-likeness (QED) is 0.238. The van der Waals surface area contributed by atoms with Crippen LogP contribution < -0.4 is 16.4 Å². The molecule has 0 spiro atoms. The van der Waals surface area contributed by atoms with Crippen LogP contribution in [-0.4, -0.2) is 6.15 Å². The molecule has 0 aliphatic carbocycles. The molecule has 0 fully saturated rings. The van der Waals surface area contributed by atoms with Crippen LogP contribution in [0.1, 0.15) is 5.56 Å². The van der Waals surface area contributed by atoms with E-state index in [1.807, 2.05) is 0 Å². The minimum atomic E-state index is -1.41. The summed E-state index contributed by atoms with van der Waals surface area (Å²) in [6, 6.07) is 40.4. The van der Waals surface area contributed by atoms with Gasteiger partial charge in [0.2, 0.25) is 0 Å². The number of benzene rings is 4. The highest BCUT2D eigenvalue weighted by Gasteiger charge is 2.27. The molecular weight excluding hydrogens is 450 g/mol. The zero-order chi connectivity index (χ0) is 19.2. The van der Waals surface area contributed by atoms with Gasteiger partial charge in [-0.15, -0.1) is 5.92 Å². The van der Waals surface area contributed by atoms with Crippen LogP contribution in [-0.2, 0) is 0 Å². The average molecular weight is 469 g/mol. The third-order valence-electron chi connectivity index (χ3n) is 5.18. The fourth-order valence-corrected chi connectivity index (χ4v) is 4.14. The van der Waals surface area contributed by atoms with Crippen molar-refractivity contribution in [2.45, 2.75) is 0 Å². The van der Waals surface area contributed by atoms with Crippen LogP contribution in [0.4, 0.5) is 0 Å². The Labute approximate surface area is 180 Å². The molecule has 4 aromatic carbocycles. The third kappa shape index (κ3) is 3.77. The lowest BCUT2D eigenvalue weighted by atomic mass is 9.16. The zero-order valence-electron chi connectivity index (χ0n) is 15.4. The van der Waals surface area contributed by atoms with E-state index in [9.17, 15) is 0 Å². The van der Waals surface area contributed by atoms with Gasteiger partial charge in [0, 0.05) is 9.13 Å². The fraction of sp³-hybridized carbons (Fsp3) is 0. The van der Waals surface area contributed by atoms with Crippen molar-refractivity contribution >= 4 is 45.1 Å². The van der Waals surface area contributed by atoms with Crippen molar-refractivity contribution in [1.82, 2.24) is 0 Å². The summed E-state index contributed by atoms with van der Waals surface area (Å²) in [5.74, 6) is 7.21. The van der Waals surface area contributed by atoms with Gasteiger partial charge in [-0.2, -0.15) is 16.4 Å². The first-order valence-corrected chi connectivity index (χ1v) is 10.5. The van der Waals surface area contributed by atoms with Gasteiger partial charge in [0.05, 0.1) is 0 Å². The highest BCUT2D eigenvalue weighted by atomic mass is 127. The van der Waals surface area contributed by atoms with Gasteiger partial charge >= 0.3 is 0 Å².